The van der Waals surface area contributed by atoms with Crippen molar-refractivity contribution >= 4 is 49.4 Å². The Hall–Kier alpha value is -1.08. The first-order chi connectivity index (χ1) is 9.40. The van der Waals surface area contributed by atoms with Crippen molar-refractivity contribution in [3.05, 3.63) is 21.1 Å². The van der Waals surface area contributed by atoms with Gasteiger partial charge in [-0.05, 0) is 50.8 Å². The van der Waals surface area contributed by atoms with Gasteiger partial charge >= 0.3 is 5.97 Å². The first-order valence-electron chi connectivity index (χ1n) is 5.98. The van der Waals surface area contributed by atoms with Gasteiger partial charge in [0.1, 0.15) is 11.2 Å². The number of carboxylic acid groups (broad SMARTS) is 1. The number of carbonyl (C=O) groups excluding carboxylic acids is 1. The number of hydrogen-bond donors (Lipinski definition) is 2. The maximum absolute atomic E-state index is 12.2. The topological polar surface area (TPSA) is 75.6 Å². The van der Waals surface area contributed by atoms with E-state index in [1.807, 2.05) is 0 Å². The van der Waals surface area contributed by atoms with Crippen molar-refractivity contribution < 1.29 is 19.4 Å². The number of hydrogen-bond acceptors (Lipinski definition) is 3. The van der Waals surface area contributed by atoms with E-state index in [-0.39, 0.29) is 0 Å². The van der Waals surface area contributed by atoms with Crippen molar-refractivity contribution in [1.29, 1.82) is 0 Å². The van der Waals surface area contributed by atoms with E-state index in [1.54, 1.807) is 12.1 Å². The maximum Gasteiger partial charge on any atom is 0.319 e. The summed E-state index contributed by atoms with van der Waals surface area (Å²) in [5.41, 5.74) is -0.803. The fourth-order valence-electron chi connectivity index (χ4n) is 2.09. The summed E-state index contributed by atoms with van der Waals surface area (Å²) in [7, 11) is 1.52. The third-order valence-corrected chi connectivity index (χ3v) is 4.82. The van der Waals surface area contributed by atoms with Crippen molar-refractivity contribution in [3.8, 4) is 5.75 Å². The Morgan fingerprint density at radius 1 is 1.30 bits per heavy atom. The SMILES string of the molecule is COc1cc(NC(=O)C2(C(=O)O)CCC2)c(Br)cc1Br. The zero-order valence-corrected chi connectivity index (χ0v) is 13.9. The normalized spacial score (nSPS) is 16.1. The number of ether oxygens (including phenoxy) is 1. The molecule has 0 unspecified atom stereocenters. The van der Waals surface area contributed by atoms with Crippen molar-refractivity contribution in [2.75, 3.05) is 12.4 Å². The monoisotopic (exact) mass is 405 g/mol. The molecule has 1 fully saturated rings. The van der Waals surface area contributed by atoms with Crippen LogP contribution in [0.1, 0.15) is 19.3 Å². The first kappa shape index (κ1) is 15.3. The average Bonchev–Trinajstić information content (AvgIpc) is 2.30. The lowest BCUT2D eigenvalue weighted by atomic mass is 9.68. The molecule has 20 heavy (non-hydrogen) atoms. The second-order valence-corrected chi connectivity index (χ2v) is 6.37. The van der Waals surface area contributed by atoms with E-state index in [4.69, 9.17) is 4.74 Å². The molecule has 7 heteroatoms. The van der Waals surface area contributed by atoms with Crippen LogP contribution in [0.15, 0.2) is 21.1 Å². The molecule has 1 aliphatic rings. The summed E-state index contributed by atoms with van der Waals surface area (Å²) in [6, 6.07) is 3.38. The lowest BCUT2D eigenvalue weighted by Crippen LogP contribution is -2.48. The second kappa shape index (κ2) is 5.73. The van der Waals surface area contributed by atoms with E-state index < -0.39 is 17.3 Å². The third kappa shape index (κ3) is 2.56. The van der Waals surface area contributed by atoms with Crippen LogP contribution in [0.3, 0.4) is 0 Å². The minimum absolute atomic E-state index is 0.374. The number of nitrogens with one attached hydrogen (secondary N) is 1. The van der Waals surface area contributed by atoms with Gasteiger partial charge in [0.15, 0.2) is 0 Å². The number of carboxylic acids is 1. The summed E-state index contributed by atoms with van der Waals surface area (Å²) in [4.78, 5) is 23.5. The predicted octanol–water partition coefficient (Wildman–Crippen LogP) is 3.41. The highest BCUT2D eigenvalue weighted by Gasteiger charge is 2.51. The molecular formula is C13H13Br2NO4. The van der Waals surface area contributed by atoms with Crippen molar-refractivity contribution in [3.63, 3.8) is 0 Å². The van der Waals surface area contributed by atoms with Gasteiger partial charge in [-0.3, -0.25) is 9.59 Å². The van der Waals surface area contributed by atoms with Crippen LogP contribution in [0.4, 0.5) is 5.69 Å². The van der Waals surface area contributed by atoms with Gasteiger partial charge in [0.2, 0.25) is 5.91 Å². The average molecular weight is 407 g/mol. The van der Waals surface area contributed by atoms with Crippen LogP contribution in [0.25, 0.3) is 0 Å². The maximum atomic E-state index is 12.2. The van der Waals surface area contributed by atoms with Gasteiger partial charge < -0.3 is 15.2 Å². The van der Waals surface area contributed by atoms with Crippen LogP contribution in [0.2, 0.25) is 0 Å². The van der Waals surface area contributed by atoms with Crippen LogP contribution >= 0.6 is 31.9 Å². The molecule has 108 valence electrons. The van der Waals surface area contributed by atoms with Gasteiger partial charge in [-0.1, -0.05) is 6.42 Å². The smallest absolute Gasteiger partial charge is 0.319 e. The number of amides is 1. The van der Waals surface area contributed by atoms with Gasteiger partial charge in [-0.25, -0.2) is 0 Å². The molecule has 5 nitrogen and oxygen atoms in total. The van der Waals surface area contributed by atoms with E-state index in [2.05, 4.69) is 37.2 Å². The van der Waals surface area contributed by atoms with Gasteiger partial charge in [0.25, 0.3) is 0 Å². The van der Waals surface area contributed by atoms with Gasteiger partial charge in [0, 0.05) is 10.5 Å². The number of carbonyl (C=O) groups is 2. The lowest BCUT2D eigenvalue weighted by molar-refractivity contribution is -0.159. The minimum Gasteiger partial charge on any atom is -0.495 e. The van der Waals surface area contributed by atoms with Gasteiger partial charge in [0.05, 0.1) is 17.3 Å². The van der Waals surface area contributed by atoms with E-state index in [0.717, 1.165) is 10.9 Å². The number of halogens is 2. The third-order valence-electron chi connectivity index (χ3n) is 3.54. The number of anilines is 1. The van der Waals surface area contributed by atoms with E-state index in [9.17, 15) is 14.7 Å². The zero-order valence-electron chi connectivity index (χ0n) is 10.7. The number of benzene rings is 1. The Balaban J connectivity index is 2.26. The molecule has 0 saturated heterocycles. The van der Waals surface area contributed by atoms with Gasteiger partial charge in [-0.2, -0.15) is 0 Å². The zero-order chi connectivity index (χ0) is 14.9. The molecule has 0 spiro atoms. The summed E-state index contributed by atoms with van der Waals surface area (Å²) in [6.45, 7) is 0. The predicted molar refractivity (Wildman–Crippen MR) is 80.9 cm³/mol. The highest BCUT2D eigenvalue weighted by atomic mass is 79.9. The van der Waals surface area contributed by atoms with Crippen LogP contribution in [-0.2, 0) is 9.59 Å². The quantitative estimate of drug-likeness (QED) is 0.751. The Kier molecular flexibility index (Phi) is 4.39. The molecule has 1 aliphatic carbocycles. The Labute approximate surface area is 132 Å². The number of methoxy groups -OCH3 is 1. The highest BCUT2D eigenvalue weighted by Crippen LogP contribution is 2.43. The Bertz CT molecular complexity index is 570. The molecule has 2 N–H and O–H groups in total. The summed E-state index contributed by atoms with van der Waals surface area (Å²) in [5.74, 6) is -0.996. The fraction of sp³-hybridized carbons (Fsp3) is 0.385. The number of aliphatic carboxylic acids is 1. The molecule has 0 heterocycles. The molecule has 0 aliphatic heterocycles. The molecule has 1 aromatic carbocycles. The molecule has 0 radical (unpaired) electrons. The molecule has 1 aromatic rings. The fourth-order valence-corrected chi connectivity index (χ4v) is 3.35. The first-order valence-corrected chi connectivity index (χ1v) is 7.57. The van der Waals surface area contributed by atoms with Crippen molar-refractivity contribution in [2.24, 2.45) is 5.41 Å². The molecule has 1 amide bonds. The standard InChI is InChI=1S/C13H13Br2NO4/c1-20-10-6-9(7(14)5-8(10)15)16-11(17)13(12(18)19)3-2-4-13/h5-6H,2-4H2,1H3,(H,16,17)(H,18,19). The Morgan fingerprint density at radius 2 is 1.95 bits per heavy atom. The lowest BCUT2D eigenvalue weighted by Gasteiger charge is -2.35. The molecule has 0 aromatic heterocycles. The summed E-state index contributed by atoms with van der Waals surface area (Å²) in [6.07, 6.45) is 1.50. The summed E-state index contributed by atoms with van der Waals surface area (Å²) in [5, 5.41) is 11.9. The molecule has 0 bridgehead atoms. The van der Waals surface area contributed by atoms with Crippen molar-refractivity contribution in [1.82, 2.24) is 0 Å². The summed E-state index contributed by atoms with van der Waals surface area (Å²) >= 11 is 6.67. The van der Waals surface area contributed by atoms with Crippen LogP contribution in [0.5, 0.6) is 5.75 Å². The van der Waals surface area contributed by atoms with Crippen LogP contribution < -0.4 is 10.1 Å². The second-order valence-electron chi connectivity index (χ2n) is 4.66. The van der Waals surface area contributed by atoms with E-state index >= 15 is 0 Å². The van der Waals surface area contributed by atoms with E-state index in [1.165, 1.54) is 7.11 Å². The van der Waals surface area contributed by atoms with Crippen molar-refractivity contribution in [2.45, 2.75) is 19.3 Å². The van der Waals surface area contributed by atoms with Crippen LogP contribution in [0, 0.1) is 5.41 Å². The van der Waals surface area contributed by atoms with Crippen LogP contribution in [-0.4, -0.2) is 24.1 Å². The Morgan fingerprint density at radius 3 is 2.40 bits per heavy atom. The minimum atomic E-state index is -1.29. The summed E-state index contributed by atoms with van der Waals surface area (Å²) < 4.78 is 6.55. The highest BCUT2D eigenvalue weighted by molar-refractivity contribution is 9.11. The molecule has 2 rings (SSSR count). The van der Waals surface area contributed by atoms with Gasteiger partial charge in [-0.15, -0.1) is 0 Å². The molecule has 1 saturated carbocycles. The molecular weight excluding hydrogens is 394 g/mol. The largest absolute Gasteiger partial charge is 0.495 e. The molecule has 0 atom stereocenters. The number of rotatable bonds is 4. The van der Waals surface area contributed by atoms with E-state index in [0.29, 0.717) is 28.8 Å².